The minimum atomic E-state index is 0.340. The quantitative estimate of drug-likeness (QED) is 0.834. The maximum atomic E-state index is 9.39. The summed E-state index contributed by atoms with van der Waals surface area (Å²) in [5.74, 6) is 0.340. The lowest BCUT2D eigenvalue weighted by atomic mass is 9.97. The summed E-state index contributed by atoms with van der Waals surface area (Å²) in [5, 5.41) is 13.0. The van der Waals surface area contributed by atoms with Crippen molar-refractivity contribution in [2.24, 2.45) is 0 Å². The van der Waals surface area contributed by atoms with Crippen LogP contribution in [0.25, 0.3) is 0 Å². The predicted octanol–water partition coefficient (Wildman–Crippen LogP) is 1.55. The van der Waals surface area contributed by atoms with Crippen molar-refractivity contribution < 1.29 is 5.11 Å². The second-order valence-corrected chi connectivity index (χ2v) is 6.26. The van der Waals surface area contributed by atoms with E-state index in [-0.39, 0.29) is 0 Å². The summed E-state index contributed by atoms with van der Waals surface area (Å²) in [4.78, 5) is 4.91. The molecule has 0 saturated carbocycles. The van der Waals surface area contributed by atoms with Gasteiger partial charge in [-0.2, -0.15) is 0 Å². The number of rotatable bonds is 6. The first-order chi connectivity index (χ1) is 10.1. The van der Waals surface area contributed by atoms with Crippen LogP contribution in [0.4, 0.5) is 0 Å². The van der Waals surface area contributed by atoms with Crippen molar-refractivity contribution >= 4 is 0 Å². The molecular weight excluding hydrogens is 262 g/mol. The fourth-order valence-corrected chi connectivity index (χ4v) is 3.13. The summed E-state index contributed by atoms with van der Waals surface area (Å²) in [6.45, 7) is 6.62. The van der Waals surface area contributed by atoms with Gasteiger partial charge in [-0.3, -0.25) is 0 Å². The minimum Gasteiger partial charge on any atom is -0.508 e. The molecule has 0 amide bonds. The maximum Gasteiger partial charge on any atom is 0.115 e. The molecule has 21 heavy (non-hydrogen) atoms. The Kier molecular flexibility index (Phi) is 6.03. The second kappa shape index (κ2) is 7.78. The summed E-state index contributed by atoms with van der Waals surface area (Å²) in [5.41, 5.74) is 1.28. The van der Waals surface area contributed by atoms with Crippen LogP contribution in [0.3, 0.4) is 0 Å². The van der Waals surface area contributed by atoms with Crippen molar-refractivity contribution in [1.82, 2.24) is 15.1 Å². The van der Waals surface area contributed by atoms with Crippen molar-refractivity contribution in [3.05, 3.63) is 29.8 Å². The maximum absolute atomic E-state index is 9.39. The molecule has 118 valence electrons. The van der Waals surface area contributed by atoms with E-state index in [4.69, 9.17) is 0 Å². The van der Waals surface area contributed by atoms with Crippen LogP contribution in [0.15, 0.2) is 24.3 Å². The number of likely N-dealkylation sites (N-methyl/N-ethyl adjacent to an activating group) is 3. The SMILES string of the molecule is CCNC(Cc1ccc(O)cc1)CC1CN(C)CCN1C. The molecule has 0 aliphatic carbocycles. The molecule has 0 spiro atoms. The van der Waals surface area contributed by atoms with E-state index in [0.717, 1.165) is 39.0 Å². The smallest absolute Gasteiger partial charge is 0.115 e. The van der Waals surface area contributed by atoms with Crippen molar-refractivity contribution in [2.45, 2.75) is 31.8 Å². The van der Waals surface area contributed by atoms with Crippen LogP contribution in [0.1, 0.15) is 18.9 Å². The highest BCUT2D eigenvalue weighted by molar-refractivity contribution is 5.26. The Bertz CT molecular complexity index is 421. The molecule has 1 fully saturated rings. The number of phenols is 1. The highest BCUT2D eigenvalue weighted by Gasteiger charge is 2.25. The molecule has 0 bridgehead atoms. The normalized spacial score (nSPS) is 22.3. The Morgan fingerprint density at radius 3 is 2.62 bits per heavy atom. The second-order valence-electron chi connectivity index (χ2n) is 6.26. The lowest BCUT2D eigenvalue weighted by molar-refractivity contribution is 0.101. The molecule has 1 aromatic rings. The Balaban J connectivity index is 1.96. The first-order valence-electron chi connectivity index (χ1n) is 7.98. The van der Waals surface area contributed by atoms with Crippen LogP contribution in [-0.4, -0.2) is 67.3 Å². The molecule has 2 rings (SSSR count). The molecular formula is C17H29N3O. The van der Waals surface area contributed by atoms with Gasteiger partial charge in [-0.1, -0.05) is 19.1 Å². The molecule has 4 nitrogen and oxygen atoms in total. The highest BCUT2D eigenvalue weighted by Crippen LogP contribution is 2.16. The lowest BCUT2D eigenvalue weighted by Crippen LogP contribution is -2.52. The third kappa shape index (κ3) is 4.99. The van der Waals surface area contributed by atoms with Gasteiger partial charge < -0.3 is 20.2 Å². The zero-order chi connectivity index (χ0) is 15.2. The molecule has 0 radical (unpaired) electrons. The Morgan fingerprint density at radius 1 is 1.24 bits per heavy atom. The summed E-state index contributed by atoms with van der Waals surface area (Å²) in [7, 11) is 4.45. The molecule has 1 saturated heterocycles. The molecule has 4 heteroatoms. The number of piperazine rings is 1. The van der Waals surface area contributed by atoms with E-state index < -0.39 is 0 Å². The van der Waals surface area contributed by atoms with Crippen LogP contribution in [0.2, 0.25) is 0 Å². The van der Waals surface area contributed by atoms with Crippen molar-refractivity contribution in [2.75, 3.05) is 40.3 Å². The predicted molar refractivity (Wildman–Crippen MR) is 87.8 cm³/mol. The standard InChI is InChI=1S/C17H29N3O/c1-4-18-15(11-14-5-7-17(21)8-6-14)12-16-13-19(2)9-10-20(16)3/h5-8,15-16,18,21H,4,9-13H2,1-3H3. The van der Waals surface area contributed by atoms with Crippen molar-refractivity contribution in [1.29, 1.82) is 0 Å². The summed E-state index contributed by atoms with van der Waals surface area (Å²) < 4.78 is 0. The van der Waals surface area contributed by atoms with E-state index in [9.17, 15) is 5.11 Å². The summed E-state index contributed by atoms with van der Waals surface area (Å²) in [6, 6.07) is 8.70. The van der Waals surface area contributed by atoms with Gasteiger partial charge in [-0.05, 0) is 51.2 Å². The van der Waals surface area contributed by atoms with Gasteiger partial charge in [0, 0.05) is 31.7 Å². The summed E-state index contributed by atoms with van der Waals surface area (Å²) in [6.07, 6.45) is 2.18. The van der Waals surface area contributed by atoms with E-state index in [1.165, 1.54) is 5.56 Å². The largest absolute Gasteiger partial charge is 0.508 e. The van der Waals surface area contributed by atoms with E-state index in [1.807, 2.05) is 12.1 Å². The average Bonchev–Trinajstić information content (AvgIpc) is 2.45. The zero-order valence-corrected chi connectivity index (χ0v) is 13.5. The molecule has 2 N–H and O–H groups in total. The van der Waals surface area contributed by atoms with E-state index in [0.29, 0.717) is 17.8 Å². The number of benzene rings is 1. The van der Waals surface area contributed by atoms with Crippen molar-refractivity contribution in [3.63, 3.8) is 0 Å². The number of phenolic OH excluding ortho intramolecular Hbond substituents is 1. The number of aromatic hydroxyl groups is 1. The molecule has 2 atom stereocenters. The van der Waals surface area contributed by atoms with Crippen molar-refractivity contribution in [3.8, 4) is 5.75 Å². The van der Waals surface area contributed by atoms with Crippen LogP contribution < -0.4 is 5.32 Å². The van der Waals surface area contributed by atoms with Gasteiger partial charge in [0.25, 0.3) is 0 Å². The van der Waals surface area contributed by atoms with Crippen LogP contribution in [-0.2, 0) is 6.42 Å². The molecule has 1 aromatic carbocycles. The van der Waals surface area contributed by atoms with Gasteiger partial charge in [0.05, 0.1) is 0 Å². The summed E-state index contributed by atoms with van der Waals surface area (Å²) >= 11 is 0. The third-order valence-corrected chi connectivity index (χ3v) is 4.45. The van der Waals surface area contributed by atoms with Crippen LogP contribution >= 0.6 is 0 Å². The minimum absolute atomic E-state index is 0.340. The average molecular weight is 291 g/mol. The third-order valence-electron chi connectivity index (χ3n) is 4.45. The number of hydrogen-bond donors (Lipinski definition) is 2. The fourth-order valence-electron chi connectivity index (χ4n) is 3.13. The fraction of sp³-hybridized carbons (Fsp3) is 0.647. The number of nitrogens with one attached hydrogen (secondary N) is 1. The van der Waals surface area contributed by atoms with E-state index in [2.05, 4.69) is 36.1 Å². The van der Waals surface area contributed by atoms with Gasteiger partial charge in [-0.25, -0.2) is 0 Å². The van der Waals surface area contributed by atoms with Crippen LogP contribution in [0.5, 0.6) is 5.75 Å². The van der Waals surface area contributed by atoms with Gasteiger partial charge in [0.15, 0.2) is 0 Å². The zero-order valence-electron chi connectivity index (χ0n) is 13.5. The van der Waals surface area contributed by atoms with Gasteiger partial charge in [0.2, 0.25) is 0 Å². The molecule has 1 heterocycles. The molecule has 0 aromatic heterocycles. The number of hydrogen-bond acceptors (Lipinski definition) is 4. The highest BCUT2D eigenvalue weighted by atomic mass is 16.3. The Labute approximate surface area is 128 Å². The van der Waals surface area contributed by atoms with Gasteiger partial charge >= 0.3 is 0 Å². The Morgan fingerprint density at radius 2 is 1.95 bits per heavy atom. The molecule has 1 aliphatic rings. The topological polar surface area (TPSA) is 38.7 Å². The lowest BCUT2D eigenvalue weighted by Gasteiger charge is -2.39. The first kappa shape index (κ1) is 16.3. The van der Waals surface area contributed by atoms with Crippen LogP contribution in [0, 0.1) is 0 Å². The first-order valence-corrected chi connectivity index (χ1v) is 7.98. The number of nitrogens with zero attached hydrogens (tertiary/aromatic N) is 2. The Hall–Kier alpha value is -1.10. The molecule has 1 aliphatic heterocycles. The molecule has 2 unspecified atom stereocenters. The van der Waals surface area contributed by atoms with E-state index in [1.54, 1.807) is 12.1 Å². The van der Waals surface area contributed by atoms with E-state index >= 15 is 0 Å². The van der Waals surface area contributed by atoms with Gasteiger partial charge in [0.1, 0.15) is 5.75 Å². The monoisotopic (exact) mass is 291 g/mol. The van der Waals surface area contributed by atoms with Gasteiger partial charge in [-0.15, -0.1) is 0 Å².